The topological polar surface area (TPSA) is 109 Å². The van der Waals surface area contributed by atoms with Crippen LogP contribution in [-0.2, 0) is 4.79 Å². The van der Waals surface area contributed by atoms with E-state index in [9.17, 15) is 19.8 Å². The summed E-state index contributed by atoms with van der Waals surface area (Å²) in [6, 6.07) is 8.01. The molecule has 3 N–H and O–H groups in total. The number of benzene rings is 1. The number of aromatic nitrogens is 1. The predicted molar refractivity (Wildman–Crippen MR) is 105 cm³/mol. The number of Topliss-reactive ketones (excluding diaryl/α,β-unsaturated/α-hetero) is 1. The van der Waals surface area contributed by atoms with Crippen LogP contribution in [0.25, 0.3) is 11.3 Å². The van der Waals surface area contributed by atoms with E-state index >= 15 is 0 Å². The number of aliphatic hydroxyl groups is 1. The molecule has 7 nitrogen and oxygen atoms in total. The van der Waals surface area contributed by atoms with Crippen LogP contribution >= 0.6 is 0 Å². The molecule has 1 aliphatic heterocycles. The quantitative estimate of drug-likeness (QED) is 0.723. The van der Waals surface area contributed by atoms with E-state index in [1.807, 2.05) is 13.8 Å². The van der Waals surface area contributed by atoms with Crippen LogP contribution in [0, 0.1) is 5.41 Å². The first-order chi connectivity index (χ1) is 13.7. The number of ketones is 1. The van der Waals surface area contributed by atoms with Gasteiger partial charge in [-0.3, -0.25) is 9.59 Å². The van der Waals surface area contributed by atoms with Crippen LogP contribution in [0.3, 0.4) is 0 Å². The van der Waals surface area contributed by atoms with Crippen LogP contribution < -0.4 is 10.1 Å². The van der Waals surface area contributed by atoms with Crippen molar-refractivity contribution in [2.45, 2.75) is 32.8 Å². The molecule has 0 saturated carbocycles. The van der Waals surface area contributed by atoms with Gasteiger partial charge in [0, 0.05) is 23.3 Å². The molecule has 29 heavy (non-hydrogen) atoms. The zero-order chi connectivity index (χ0) is 20.9. The summed E-state index contributed by atoms with van der Waals surface area (Å²) >= 11 is 0. The first-order valence-electron chi connectivity index (χ1n) is 9.34. The maximum absolute atomic E-state index is 12.8. The Labute approximate surface area is 168 Å². The average Bonchev–Trinajstić information content (AvgIpc) is 2.75. The lowest BCUT2D eigenvalue weighted by Crippen LogP contribution is -2.33. The van der Waals surface area contributed by atoms with Gasteiger partial charge >= 0.3 is 0 Å². The van der Waals surface area contributed by atoms with Gasteiger partial charge in [0.25, 0.3) is 5.91 Å². The number of nitrogens with zero attached hydrogens (tertiary/aromatic N) is 1. The van der Waals surface area contributed by atoms with E-state index in [1.54, 1.807) is 24.3 Å². The molecule has 1 aromatic heterocycles. The van der Waals surface area contributed by atoms with Crippen LogP contribution in [0.1, 0.15) is 48.8 Å². The fraction of sp³-hybridized carbons (Fsp3) is 0.318. The summed E-state index contributed by atoms with van der Waals surface area (Å²) in [6.07, 6.45) is -0.503. The fourth-order valence-electron chi connectivity index (χ4n) is 3.98. The third-order valence-electron chi connectivity index (χ3n) is 5.36. The third-order valence-corrected chi connectivity index (χ3v) is 5.36. The van der Waals surface area contributed by atoms with Crippen molar-refractivity contribution in [1.29, 1.82) is 0 Å². The molecular formula is C22H22N2O5. The lowest BCUT2D eigenvalue weighted by molar-refractivity contribution is -0.119. The zero-order valence-electron chi connectivity index (χ0n) is 16.4. The largest absolute Gasteiger partial charge is 0.504 e. The van der Waals surface area contributed by atoms with Crippen LogP contribution in [-0.4, -0.2) is 34.0 Å². The molecule has 4 rings (SSSR count). The number of phenolic OH excluding ortho intramolecular Hbond substituents is 1. The number of hydrogen-bond acceptors (Lipinski definition) is 6. The highest BCUT2D eigenvalue weighted by Gasteiger charge is 2.40. The van der Waals surface area contributed by atoms with E-state index in [0.29, 0.717) is 29.8 Å². The van der Waals surface area contributed by atoms with Gasteiger partial charge in [0.2, 0.25) is 0 Å². The van der Waals surface area contributed by atoms with Crippen molar-refractivity contribution in [3.63, 3.8) is 0 Å². The maximum Gasteiger partial charge on any atom is 0.257 e. The Balaban J connectivity index is 1.83. The number of hydrogen-bond donors (Lipinski definition) is 3. The van der Waals surface area contributed by atoms with Crippen LogP contribution in [0.15, 0.2) is 41.6 Å². The first kappa shape index (κ1) is 19.1. The molecule has 2 heterocycles. The summed E-state index contributed by atoms with van der Waals surface area (Å²) in [5.41, 5.74) is 1.89. The Morgan fingerprint density at radius 1 is 1.17 bits per heavy atom. The molecule has 0 bridgehead atoms. The predicted octanol–water partition coefficient (Wildman–Crippen LogP) is 2.88. The molecule has 2 aliphatic rings. The Morgan fingerprint density at radius 2 is 1.93 bits per heavy atom. The number of ether oxygens (including phenoxy) is 1. The number of pyridine rings is 1. The van der Waals surface area contributed by atoms with Gasteiger partial charge in [0.05, 0.1) is 24.1 Å². The number of allylic oxidation sites excluding steroid dienone is 1. The number of methoxy groups -OCH3 is 1. The standard InChI is InChI=1S/C22H22N2O5/c1-22(2)9-14-18(16(26)10-22)20(27)19-12(21(28)24-14)5-6-13(23-19)11-4-7-15(25)17(8-11)29-3/h4-8,20,25,27H,9-10H2,1-3H3,(H,24,28). The number of nitrogens with one attached hydrogen (secondary N) is 1. The van der Waals surface area contributed by atoms with Crippen molar-refractivity contribution >= 4 is 11.7 Å². The number of carbonyl (C=O) groups is 2. The minimum absolute atomic E-state index is 0.00404. The second-order valence-corrected chi connectivity index (χ2v) is 8.21. The summed E-state index contributed by atoms with van der Waals surface area (Å²) in [5, 5.41) is 23.6. The Bertz CT molecular complexity index is 1070. The van der Waals surface area contributed by atoms with Gasteiger partial charge in [-0.25, -0.2) is 4.98 Å². The molecular weight excluding hydrogens is 372 g/mol. The van der Waals surface area contributed by atoms with Crippen molar-refractivity contribution in [3.05, 3.63) is 52.9 Å². The number of phenols is 1. The second kappa shape index (κ2) is 6.70. The van der Waals surface area contributed by atoms with Crippen molar-refractivity contribution in [2.75, 3.05) is 7.11 Å². The van der Waals surface area contributed by atoms with E-state index in [4.69, 9.17) is 4.74 Å². The van der Waals surface area contributed by atoms with Gasteiger partial charge in [-0.1, -0.05) is 13.8 Å². The van der Waals surface area contributed by atoms with Gasteiger partial charge in [0.15, 0.2) is 17.3 Å². The van der Waals surface area contributed by atoms with Gasteiger partial charge in [-0.15, -0.1) is 0 Å². The minimum atomic E-state index is -1.29. The van der Waals surface area contributed by atoms with Gasteiger partial charge in [0.1, 0.15) is 6.10 Å². The molecule has 0 radical (unpaired) electrons. The molecule has 1 atom stereocenters. The van der Waals surface area contributed by atoms with E-state index in [2.05, 4.69) is 10.3 Å². The molecule has 1 aromatic carbocycles. The molecule has 150 valence electrons. The van der Waals surface area contributed by atoms with Gasteiger partial charge in [-0.05, 0) is 42.2 Å². The van der Waals surface area contributed by atoms with E-state index in [1.165, 1.54) is 13.2 Å². The highest BCUT2D eigenvalue weighted by atomic mass is 16.5. The number of rotatable bonds is 2. The van der Waals surface area contributed by atoms with E-state index in [0.717, 1.165) is 0 Å². The maximum atomic E-state index is 12.8. The summed E-state index contributed by atoms with van der Waals surface area (Å²) < 4.78 is 5.14. The molecule has 0 spiro atoms. The SMILES string of the molecule is COc1cc(-c2ccc3c(n2)C(O)C2=C(CC(C)(C)CC2=O)NC3=O)ccc1O. The zero-order valence-corrected chi connectivity index (χ0v) is 16.4. The molecule has 1 unspecified atom stereocenters. The van der Waals surface area contributed by atoms with Crippen LogP contribution in [0.2, 0.25) is 0 Å². The smallest absolute Gasteiger partial charge is 0.257 e. The van der Waals surface area contributed by atoms with Gasteiger partial charge < -0.3 is 20.3 Å². The normalized spacial score (nSPS) is 20.5. The number of aromatic hydroxyl groups is 1. The Hall–Kier alpha value is -3.19. The fourth-order valence-corrected chi connectivity index (χ4v) is 3.98. The molecule has 1 aliphatic carbocycles. The summed E-state index contributed by atoms with van der Waals surface area (Å²) in [6.45, 7) is 3.92. The number of amides is 1. The number of carbonyl (C=O) groups excluding carboxylic acids is 2. The van der Waals surface area contributed by atoms with Crippen molar-refractivity contribution in [1.82, 2.24) is 10.3 Å². The lowest BCUT2D eigenvalue weighted by atomic mass is 9.74. The van der Waals surface area contributed by atoms with E-state index in [-0.39, 0.29) is 39.5 Å². The number of fused-ring (bicyclic) bond motifs is 1. The minimum Gasteiger partial charge on any atom is -0.504 e. The highest BCUT2D eigenvalue weighted by Crippen LogP contribution is 2.42. The average molecular weight is 394 g/mol. The molecule has 1 amide bonds. The van der Waals surface area contributed by atoms with E-state index < -0.39 is 12.0 Å². The Kier molecular flexibility index (Phi) is 4.42. The van der Waals surface area contributed by atoms with Crippen LogP contribution in [0.5, 0.6) is 11.5 Å². The molecule has 7 heteroatoms. The lowest BCUT2D eigenvalue weighted by Gasteiger charge is -2.32. The third kappa shape index (κ3) is 3.27. The Morgan fingerprint density at radius 3 is 2.66 bits per heavy atom. The molecule has 2 aromatic rings. The molecule has 0 fully saturated rings. The van der Waals surface area contributed by atoms with Crippen molar-refractivity contribution < 1.29 is 24.5 Å². The summed E-state index contributed by atoms with van der Waals surface area (Å²) in [7, 11) is 1.45. The summed E-state index contributed by atoms with van der Waals surface area (Å²) in [4.78, 5) is 30.0. The van der Waals surface area contributed by atoms with Crippen LogP contribution in [0.4, 0.5) is 0 Å². The monoisotopic (exact) mass is 394 g/mol. The van der Waals surface area contributed by atoms with Crippen molar-refractivity contribution in [3.8, 4) is 22.8 Å². The highest BCUT2D eigenvalue weighted by molar-refractivity contribution is 6.04. The molecule has 0 saturated heterocycles. The first-order valence-corrected chi connectivity index (χ1v) is 9.34. The summed E-state index contributed by atoms with van der Waals surface area (Å²) in [5.74, 6) is -0.296. The van der Waals surface area contributed by atoms with Gasteiger partial charge in [-0.2, -0.15) is 0 Å². The second-order valence-electron chi connectivity index (χ2n) is 8.21. The number of aliphatic hydroxyl groups excluding tert-OH is 1. The van der Waals surface area contributed by atoms with Crippen molar-refractivity contribution in [2.24, 2.45) is 5.41 Å².